The first-order valence-corrected chi connectivity index (χ1v) is 8.83. The quantitative estimate of drug-likeness (QED) is 0.723. The highest BCUT2D eigenvalue weighted by Gasteiger charge is 2.29. The van der Waals surface area contributed by atoms with E-state index in [4.69, 9.17) is 9.97 Å². The van der Waals surface area contributed by atoms with Crippen LogP contribution in [-0.2, 0) is 17.8 Å². The van der Waals surface area contributed by atoms with Gasteiger partial charge in [-0.25, -0.2) is 9.97 Å². The third-order valence-corrected chi connectivity index (χ3v) is 4.93. The Bertz CT molecular complexity index is 813. The van der Waals surface area contributed by atoms with Gasteiger partial charge in [0.1, 0.15) is 5.82 Å². The first kappa shape index (κ1) is 16.9. The zero-order chi connectivity index (χ0) is 18.1. The van der Waals surface area contributed by atoms with Gasteiger partial charge < -0.3 is 20.6 Å². The minimum Gasteiger partial charge on any atom is -0.390 e. The molecule has 4 rings (SSSR count). The van der Waals surface area contributed by atoms with E-state index in [9.17, 15) is 9.90 Å². The van der Waals surface area contributed by atoms with Crippen molar-refractivity contribution in [2.75, 3.05) is 25.0 Å². The highest BCUT2D eigenvalue weighted by molar-refractivity contribution is 5.74. The van der Waals surface area contributed by atoms with Gasteiger partial charge in [0.05, 0.1) is 24.4 Å². The Morgan fingerprint density at radius 3 is 2.96 bits per heavy atom. The molecule has 1 amide bonds. The number of carbonyl (C=O) groups excluding carboxylic acids is 1. The molecule has 0 aromatic carbocycles. The first-order chi connectivity index (χ1) is 12.6. The molecule has 1 saturated heterocycles. The Morgan fingerprint density at radius 2 is 2.27 bits per heavy atom. The number of rotatable bonds is 3. The monoisotopic (exact) mass is 354 g/mol. The summed E-state index contributed by atoms with van der Waals surface area (Å²) in [7, 11) is 0. The normalized spacial score (nSPS) is 22.2. The molecular weight excluding hydrogens is 332 g/mol. The summed E-state index contributed by atoms with van der Waals surface area (Å²) in [6.45, 7) is 3.95. The summed E-state index contributed by atoms with van der Waals surface area (Å²) in [6, 6.07) is 3.66. The molecule has 0 radical (unpaired) electrons. The number of hydrogen-bond acceptors (Lipinski definition) is 7. The second kappa shape index (κ2) is 6.97. The molecule has 2 atom stereocenters. The number of aliphatic hydroxyl groups is 1. The fraction of sp³-hybridized carbons (Fsp3) is 0.444. The maximum Gasteiger partial charge on any atom is 0.219 e. The molecule has 4 heterocycles. The summed E-state index contributed by atoms with van der Waals surface area (Å²) in [5, 5.41) is 16.7. The predicted molar refractivity (Wildman–Crippen MR) is 96.3 cm³/mol. The van der Waals surface area contributed by atoms with Crippen LogP contribution in [0.1, 0.15) is 18.2 Å². The summed E-state index contributed by atoms with van der Waals surface area (Å²) in [5.74, 6) is 1.36. The Hall–Kier alpha value is -2.58. The fourth-order valence-corrected chi connectivity index (χ4v) is 3.43. The van der Waals surface area contributed by atoms with Crippen LogP contribution in [0.3, 0.4) is 0 Å². The number of fused-ring (bicyclic) bond motifs is 1. The molecule has 0 bridgehead atoms. The summed E-state index contributed by atoms with van der Waals surface area (Å²) >= 11 is 0. The second-order valence-corrected chi connectivity index (χ2v) is 6.73. The number of anilines is 1. The van der Waals surface area contributed by atoms with Gasteiger partial charge >= 0.3 is 0 Å². The zero-order valence-electron chi connectivity index (χ0n) is 14.6. The SMILES string of the molecule is CC(=O)N1CCc2c(nc(-c3cccnc3)nc2N[C@@H]2CNC[C@H]2O)C1. The van der Waals surface area contributed by atoms with E-state index >= 15 is 0 Å². The Kier molecular flexibility index (Phi) is 4.52. The van der Waals surface area contributed by atoms with Crippen LogP contribution >= 0.6 is 0 Å². The molecule has 136 valence electrons. The third kappa shape index (κ3) is 3.25. The third-order valence-electron chi connectivity index (χ3n) is 4.93. The van der Waals surface area contributed by atoms with Gasteiger partial charge in [0.15, 0.2) is 5.82 Å². The summed E-state index contributed by atoms with van der Waals surface area (Å²) in [4.78, 5) is 27.1. The van der Waals surface area contributed by atoms with Gasteiger partial charge in [-0.15, -0.1) is 0 Å². The van der Waals surface area contributed by atoms with Crippen LogP contribution in [0.25, 0.3) is 11.4 Å². The number of pyridine rings is 1. The number of β-amino-alcohol motifs (C(OH)–C–C–N with tert-alkyl or cyclic N) is 1. The van der Waals surface area contributed by atoms with Crippen LogP contribution in [0.4, 0.5) is 5.82 Å². The molecule has 2 aromatic rings. The van der Waals surface area contributed by atoms with Gasteiger partial charge in [-0.2, -0.15) is 0 Å². The molecule has 26 heavy (non-hydrogen) atoms. The molecule has 2 aliphatic rings. The van der Waals surface area contributed by atoms with Crippen molar-refractivity contribution in [3.8, 4) is 11.4 Å². The predicted octanol–water partition coefficient (Wildman–Crippen LogP) is 0.188. The first-order valence-electron chi connectivity index (χ1n) is 8.83. The Labute approximate surface area is 151 Å². The van der Waals surface area contributed by atoms with Crippen LogP contribution in [0, 0.1) is 0 Å². The van der Waals surface area contributed by atoms with E-state index in [0.717, 1.165) is 22.6 Å². The lowest BCUT2D eigenvalue weighted by molar-refractivity contribution is -0.129. The minimum atomic E-state index is -0.459. The molecule has 0 saturated carbocycles. The lowest BCUT2D eigenvalue weighted by atomic mass is 10.0. The van der Waals surface area contributed by atoms with Crippen molar-refractivity contribution in [1.29, 1.82) is 0 Å². The molecular formula is C18H22N6O2. The molecule has 1 fully saturated rings. The molecule has 8 nitrogen and oxygen atoms in total. The summed E-state index contributed by atoms with van der Waals surface area (Å²) in [5.41, 5.74) is 2.70. The molecule has 0 aliphatic carbocycles. The Morgan fingerprint density at radius 1 is 1.38 bits per heavy atom. The number of aliphatic hydroxyl groups excluding tert-OH is 1. The van der Waals surface area contributed by atoms with Crippen molar-refractivity contribution in [1.82, 2.24) is 25.2 Å². The van der Waals surface area contributed by atoms with E-state index in [1.54, 1.807) is 24.2 Å². The maximum absolute atomic E-state index is 11.8. The highest BCUT2D eigenvalue weighted by Crippen LogP contribution is 2.28. The summed E-state index contributed by atoms with van der Waals surface area (Å²) < 4.78 is 0. The van der Waals surface area contributed by atoms with Crippen molar-refractivity contribution in [3.63, 3.8) is 0 Å². The van der Waals surface area contributed by atoms with Gasteiger partial charge in [-0.3, -0.25) is 9.78 Å². The molecule has 0 unspecified atom stereocenters. The second-order valence-electron chi connectivity index (χ2n) is 6.73. The lowest BCUT2D eigenvalue weighted by Crippen LogP contribution is -2.37. The molecule has 3 N–H and O–H groups in total. The van der Waals surface area contributed by atoms with E-state index in [1.165, 1.54) is 0 Å². The highest BCUT2D eigenvalue weighted by atomic mass is 16.3. The number of nitrogens with one attached hydrogen (secondary N) is 2. The van der Waals surface area contributed by atoms with E-state index < -0.39 is 6.10 Å². The van der Waals surface area contributed by atoms with Crippen molar-refractivity contribution in [2.45, 2.75) is 32.0 Å². The Balaban J connectivity index is 1.74. The minimum absolute atomic E-state index is 0.0436. The topological polar surface area (TPSA) is 103 Å². The standard InChI is InChI=1S/C18H22N6O2/c1-11(25)24-6-4-13-15(10-24)22-17(12-3-2-5-19-7-12)23-18(13)21-14-8-20-9-16(14)26/h2-3,5,7,14,16,20,26H,4,6,8-10H2,1H3,(H,21,22,23)/t14-,16-/m1/s1. The maximum atomic E-state index is 11.8. The molecule has 2 aliphatic heterocycles. The van der Waals surface area contributed by atoms with Crippen molar-refractivity contribution in [3.05, 3.63) is 35.8 Å². The molecule has 2 aromatic heterocycles. The van der Waals surface area contributed by atoms with Crippen LogP contribution in [0.5, 0.6) is 0 Å². The lowest BCUT2D eigenvalue weighted by Gasteiger charge is -2.29. The fourth-order valence-electron chi connectivity index (χ4n) is 3.43. The smallest absolute Gasteiger partial charge is 0.219 e. The van der Waals surface area contributed by atoms with Crippen LogP contribution in [0.15, 0.2) is 24.5 Å². The van der Waals surface area contributed by atoms with Gasteiger partial charge in [-0.05, 0) is 18.6 Å². The number of aromatic nitrogens is 3. The van der Waals surface area contributed by atoms with Gasteiger partial charge in [0, 0.05) is 50.1 Å². The van der Waals surface area contributed by atoms with Gasteiger partial charge in [0.25, 0.3) is 0 Å². The zero-order valence-corrected chi connectivity index (χ0v) is 14.6. The number of nitrogens with zero attached hydrogens (tertiary/aromatic N) is 4. The van der Waals surface area contributed by atoms with Gasteiger partial charge in [0.2, 0.25) is 5.91 Å². The largest absolute Gasteiger partial charge is 0.390 e. The average molecular weight is 354 g/mol. The number of hydrogen-bond donors (Lipinski definition) is 3. The van der Waals surface area contributed by atoms with E-state index in [-0.39, 0.29) is 11.9 Å². The van der Waals surface area contributed by atoms with Crippen molar-refractivity contribution >= 4 is 11.7 Å². The van der Waals surface area contributed by atoms with Crippen LogP contribution in [-0.4, -0.2) is 62.6 Å². The van der Waals surface area contributed by atoms with Crippen LogP contribution < -0.4 is 10.6 Å². The number of amides is 1. The van der Waals surface area contributed by atoms with Crippen LogP contribution in [0.2, 0.25) is 0 Å². The average Bonchev–Trinajstić information content (AvgIpc) is 3.06. The van der Waals surface area contributed by atoms with E-state index in [0.29, 0.717) is 38.4 Å². The van der Waals surface area contributed by atoms with E-state index in [1.807, 2.05) is 12.1 Å². The van der Waals surface area contributed by atoms with Gasteiger partial charge in [-0.1, -0.05) is 0 Å². The van der Waals surface area contributed by atoms with Crippen molar-refractivity contribution in [2.24, 2.45) is 0 Å². The molecule has 0 spiro atoms. The van der Waals surface area contributed by atoms with Crippen molar-refractivity contribution < 1.29 is 9.90 Å². The van der Waals surface area contributed by atoms with E-state index in [2.05, 4.69) is 15.6 Å². The number of carbonyl (C=O) groups is 1. The summed E-state index contributed by atoms with van der Waals surface area (Å²) in [6.07, 6.45) is 3.67. The molecule has 8 heteroatoms.